The van der Waals surface area contributed by atoms with Crippen molar-refractivity contribution in [2.24, 2.45) is 0 Å². The van der Waals surface area contributed by atoms with Crippen molar-refractivity contribution >= 4 is 34.5 Å². The van der Waals surface area contributed by atoms with Crippen LogP contribution in [0.15, 0.2) is 53.4 Å². The molecule has 5 nitrogen and oxygen atoms in total. The molecular weight excluding hydrogens is 356 g/mol. The van der Waals surface area contributed by atoms with Gasteiger partial charge in [-0.05, 0) is 62.4 Å². The number of likely N-dealkylation sites (tertiary alicyclic amines) is 1. The number of carbonyl (C=O) groups is 1. The predicted octanol–water partition coefficient (Wildman–Crippen LogP) is 5.15. The van der Waals surface area contributed by atoms with Crippen molar-refractivity contribution in [1.29, 1.82) is 0 Å². The van der Waals surface area contributed by atoms with E-state index in [0.717, 1.165) is 48.5 Å². The molecule has 0 radical (unpaired) electrons. The molecule has 0 unspecified atom stereocenters. The van der Waals surface area contributed by atoms with Crippen LogP contribution in [0.1, 0.15) is 31.6 Å². The van der Waals surface area contributed by atoms with Gasteiger partial charge in [0.05, 0.1) is 17.1 Å². The molecule has 0 saturated carbocycles. The summed E-state index contributed by atoms with van der Waals surface area (Å²) >= 11 is 1.69. The van der Waals surface area contributed by atoms with Crippen LogP contribution in [0.25, 0.3) is 11.0 Å². The lowest BCUT2D eigenvalue weighted by Crippen LogP contribution is -2.35. The Morgan fingerprint density at radius 1 is 1.22 bits per heavy atom. The number of nitrogens with zero attached hydrogens (tertiary/aromatic N) is 3. The maximum atomic E-state index is 12.9. The van der Waals surface area contributed by atoms with Gasteiger partial charge in [-0.15, -0.1) is 11.8 Å². The number of benzene rings is 2. The van der Waals surface area contributed by atoms with Crippen molar-refractivity contribution in [1.82, 2.24) is 14.5 Å². The van der Waals surface area contributed by atoms with Gasteiger partial charge in [-0.1, -0.05) is 12.1 Å². The van der Waals surface area contributed by atoms with Gasteiger partial charge in [0.25, 0.3) is 0 Å². The van der Waals surface area contributed by atoms with Crippen LogP contribution in [-0.4, -0.2) is 33.3 Å². The van der Waals surface area contributed by atoms with Crippen LogP contribution < -0.4 is 5.32 Å². The molecule has 1 atom stereocenters. The maximum Gasteiger partial charge on any atom is 0.322 e. The zero-order chi connectivity index (χ0) is 18.8. The second-order valence-corrected chi connectivity index (χ2v) is 7.59. The van der Waals surface area contributed by atoms with E-state index >= 15 is 0 Å². The van der Waals surface area contributed by atoms with Gasteiger partial charge in [0.1, 0.15) is 5.82 Å². The van der Waals surface area contributed by atoms with Crippen LogP contribution in [0.3, 0.4) is 0 Å². The van der Waals surface area contributed by atoms with Crippen molar-refractivity contribution in [3.05, 3.63) is 54.4 Å². The molecule has 2 heterocycles. The summed E-state index contributed by atoms with van der Waals surface area (Å²) in [6.07, 6.45) is 3.99. The molecule has 4 rings (SSSR count). The third-order valence-electron chi connectivity index (χ3n) is 5.15. The minimum Gasteiger partial charge on any atom is -0.327 e. The second kappa shape index (κ2) is 7.64. The molecule has 1 aliphatic rings. The number of rotatable bonds is 4. The molecule has 27 heavy (non-hydrogen) atoms. The van der Waals surface area contributed by atoms with Gasteiger partial charge in [-0.25, -0.2) is 9.78 Å². The Bertz CT molecular complexity index is 950. The summed E-state index contributed by atoms with van der Waals surface area (Å²) in [5.41, 5.74) is 2.96. The minimum atomic E-state index is -0.0517. The number of aryl methyl sites for hydroxylation is 1. The number of amides is 2. The number of carbonyl (C=O) groups excluding carboxylic acids is 1. The number of para-hydroxylation sites is 2. The quantitative estimate of drug-likeness (QED) is 0.637. The summed E-state index contributed by atoms with van der Waals surface area (Å²) < 4.78 is 2.23. The third-order valence-corrected chi connectivity index (χ3v) is 5.90. The van der Waals surface area contributed by atoms with Crippen LogP contribution in [0.2, 0.25) is 0 Å². The van der Waals surface area contributed by atoms with E-state index in [1.165, 1.54) is 4.90 Å². The summed E-state index contributed by atoms with van der Waals surface area (Å²) in [6.45, 7) is 3.73. The first-order valence-electron chi connectivity index (χ1n) is 9.38. The Kier molecular flexibility index (Phi) is 5.07. The van der Waals surface area contributed by atoms with Gasteiger partial charge in [-0.2, -0.15) is 0 Å². The fourth-order valence-electron chi connectivity index (χ4n) is 3.83. The molecule has 1 N–H and O–H groups in total. The first kappa shape index (κ1) is 17.9. The normalized spacial score (nSPS) is 16.8. The summed E-state index contributed by atoms with van der Waals surface area (Å²) in [7, 11) is 0. The second-order valence-electron chi connectivity index (χ2n) is 6.71. The van der Waals surface area contributed by atoms with E-state index in [1.807, 2.05) is 53.6 Å². The molecular formula is C21H24N4OS. The van der Waals surface area contributed by atoms with Gasteiger partial charge in [0.15, 0.2) is 0 Å². The SMILES string of the molecule is CCn1c([C@@H]2CCCN2C(=O)Nc2ccc(SC)cc2)nc2ccccc21. The van der Waals surface area contributed by atoms with Gasteiger partial charge in [0.2, 0.25) is 0 Å². The predicted molar refractivity (Wildman–Crippen MR) is 111 cm³/mol. The van der Waals surface area contributed by atoms with E-state index in [9.17, 15) is 4.79 Å². The third kappa shape index (κ3) is 3.41. The van der Waals surface area contributed by atoms with Crippen molar-refractivity contribution < 1.29 is 4.79 Å². The largest absolute Gasteiger partial charge is 0.327 e. The summed E-state index contributed by atoms with van der Waals surface area (Å²) in [5, 5.41) is 3.05. The molecule has 3 aromatic rings. The van der Waals surface area contributed by atoms with Crippen LogP contribution in [0, 0.1) is 0 Å². The van der Waals surface area contributed by atoms with Crippen LogP contribution in [0.4, 0.5) is 10.5 Å². The lowest BCUT2D eigenvalue weighted by Gasteiger charge is -2.25. The fraction of sp³-hybridized carbons (Fsp3) is 0.333. The van der Waals surface area contributed by atoms with Crippen LogP contribution in [0.5, 0.6) is 0 Å². The van der Waals surface area contributed by atoms with Crippen molar-refractivity contribution in [3.63, 3.8) is 0 Å². The molecule has 0 spiro atoms. The van der Waals surface area contributed by atoms with Gasteiger partial charge >= 0.3 is 6.03 Å². The van der Waals surface area contributed by atoms with E-state index in [0.29, 0.717) is 0 Å². The van der Waals surface area contributed by atoms with Crippen molar-refractivity contribution in [3.8, 4) is 0 Å². The van der Waals surface area contributed by atoms with Crippen molar-refractivity contribution in [2.75, 3.05) is 18.1 Å². The number of hydrogen-bond donors (Lipinski definition) is 1. The Labute approximate surface area is 163 Å². The highest BCUT2D eigenvalue weighted by molar-refractivity contribution is 7.98. The maximum absolute atomic E-state index is 12.9. The molecule has 1 saturated heterocycles. The number of fused-ring (bicyclic) bond motifs is 1. The van der Waals surface area contributed by atoms with E-state index in [2.05, 4.69) is 22.9 Å². The topological polar surface area (TPSA) is 50.2 Å². The number of hydrogen-bond acceptors (Lipinski definition) is 3. The molecule has 2 aromatic carbocycles. The first-order chi connectivity index (χ1) is 13.2. The molecule has 1 aliphatic heterocycles. The highest BCUT2D eigenvalue weighted by Gasteiger charge is 2.33. The standard InChI is InChI=1S/C21H24N4OS/c1-3-24-18-8-5-4-7-17(18)23-20(24)19-9-6-14-25(19)21(26)22-15-10-12-16(27-2)13-11-15/h4-5,7-8,10-13,19H,3,6,9,14H2,1-2H3,(H,22,26)/t19-/m0/s1. The first-order valence-corrected chi connectivity index (χ1v) is 10.6. The van der Waals surface area contributed by atoms with Gasteiger partial charge in [-0.3, -0.25) is 0 Å². The summed E-state index contributed by atoms with van der Waals surface area (Å²) in [6, 6.07) is 16.1. The Morgan fingerprint density at radius 2 is 2.00 bits per heavy atom. The molecule has 6 heteroatoms. The molecule has 2 amide bonds. The smallest absolute Gasteiger partial charge is 0.322 e. The number of anilines is 1. The molecule has 1 aromatic heterocycles. The average molecular weight is 381 g/mol. The van der Waals surface area contributed by atoms with Crippen molar-refractivity contribution in [2.45, 2.75) is 37.2 Å². The van der Waals surface area contributed by atoms with E-state index in [4.69, 9.17) is 4.98 Å². The zero-order valence-corrected chi connectivity index (χ0v) is 16.5. The number of thioether (sulfide) groups is 1. The summed E-state index contributed by atoms with van der Waals surface area (Å²) in [5.74, 6) is 0.990. The van der Waals surface area contributed by atoms with E-state index in [-0.39, 0.29) is 12.1 Å². The van der Waals surface area contributed by atoms with Crippen LogP contribution in [-0.2, 0) is 6.54 Å². The van der Waals surface area contributed by atoms with Gasteiger partial charge < -0.3 is 14.8 Å². The zero-order valence-electron chi connectivity index (χ0n) is 15.7. The highest BCUT2D eigenvalue weighted by atomic mass is 32.2. The van der Waals surface area contributed by atoms with E-state index in [1.54, 1.807) is 11.8 Å². The molecule has 0 bridgehead atoms. The number of aromatic nitrogens is 2. The average Bonchev–Trinajstić information content (AvgIpc) is 3.32. The Hall–Kier alpha value is -2.47. The Balaban J connectivity index is 1.59. The van der Waals surface area contributed by atoms with Crippen LogP contribution >= 0.6 is 11.8 Å². The fourth-order valence-corrected chi connectivity index (χ4v) is 4.24. The Morgan fingerprint density at radius 3 is 2.74 bits per heavy atom. The van der Waals surface area contributed by atoms with E-state index < -0.39 is 0 Å². The lowest BCUT2D eigenvalue weighted by molar-refractivity contribution is 0.204. The molecule has 0 aliphatic carbocycles. The monoisotopic (exact) mass is 380 g/mol. The number of imidazole rings is 1. The van der Waals surface area contributed by atoms with Gasteiger partial charge in [0, 0.05) is 23.7 Å². The number of nitrogens with one attached hydrogen (secondary N) is 1. The molecule has 1 fully saturated rings. The number of urea groups is 1. The minimum absolute atomic E-state index is 0.0165. The highest BCUT2D eigenvalue weighted by Crippen LogP contribution is 2.34. The molecule has 140 valence electrons. The summed E-state index contributed by atoms with van der Waals surface area (Å²) in [4.78, 5) is 20.9. The lowest BCUT2D eigenvalue weighted by atomic mass is 10.2.